The van der Waals surface area contributed by atoms with E-state index in [0.29, 0.717) is 18.1 Å². The molecule has 15 heavy (non-hydrogen) atoms. The first-order valence-corrected chi connectivity index (χ1v) is 6.22. The summed E-state index contributed by atoms with van der Waals surface area (Å²) in [6.45, 7) is 10.1. The highest BCUT2D eigenvalue weighted by atomic mass is 15.3. The first-order valence-electron chi connectivity index (χ1n) is 6.22. The summed E-state index contributed by atoms with van der Waals surface area (Å²) in [7, 11) is 2.23. The van der Waals surface area contributed by atoms with Crippen LogP contribution in [0.1, 0.15) is 33.6 Å². The lowest BCUT2D eigenvalue weighted by Gasteiger charge is -2.34. The topological polar surface area (TPSA) is 32.5 Å². The molecule has 0 aromatic rings. The van der Waals surface area contributed by atoms with Crippen LogP contribution in [0.4, 0.5) is 0 Å². The van der Waals surface area contributed by atoms with Gasteiger partial charge in [-0.05, 0) is 47.2 Å². The molecule has 2 unspecified atom stereocenters. The monoisotopic (exact) mass is 213 g/mol. The minimum atomic E-state index is 0.639. The van der Waals surface area contributed by atoms with Crippen molar-refractivity contribution in [2.45, 2.75) is 51.7 Å². The second kappa shape index (κ2) is 5.83. The van der Waals surface area contributed by atoms with Crippen LogP contribution in [-0.4, -0.2) is 54.6 Å². The molecule has 3 heteroatoms. The lowest BCUT2D eigenvalue weighted by molar-refractivity contribution is 0.142. The molecule has 2 atom stereocenters. The zero-order valence-corrected chi connectivity index (χ0v) is 10.7. The van der Waals surface area contributed by atoms with Gasteiger partial charge in [0.25, 0.3) is 0 Å². The van der Waals surface area contributed by atoms with Crippen LogP contribution in [-0.2, 0) is 0 Å². The molecule has 2 N–H and O–H groups in total. The summed E-state index contributed by atoms with van der Waals surface area (Å²) in [5, 5.41) is 0. The second-order valence-electron chi connectivity index (χ2n) is 5.14. The quantitative estimate of drug-likeness (QED) is 0.763. The Morgan fingerprint density at radius 3 is 2.60 bits per heavy atom. The molecule has 0 amide bonds. The van der Waals surface area contributed by atoms with E-state index in [1.54, 1.807) is 0 Å². The molecular formula is C12H27N3. The number of hydrogen-bond donors (Lipinski definition) is 1. The number of hydrogen-bond acceptors (Lipinski definition) is 3. The van der Waals surface area contributed by atoms with E-state index >= 15 is 0 Å². The van der Waals surface area contributed by atoms with Crippen LogP contribution < -0.4 is 5.73 Å². The van der Waals surface area contributed by atoms with Crippen molar-refractivity contribution in [2.24, 2.45) is 5.73 Å². The van der Waals surface area contributed by atoms with Crippen LogP contribution in [0.2, 0.25) is 0 Å². The van der Waals surface area contributed by atoms with E-state index in [1.807, 2.05) is 0 Å². The maximum absolute atomic E-state index is 5.71. The van der Waals surface area contributed by atoms with E-state index in [9.17, 15) is 0 Å². The number of nitrogens with two attached hydrogens (primary N) is 1. The first-order chi connectivity index (χ1) is 7.06. The second-order valence-corrected chi connectivity index (χ2v) is 5.14. The lowest BCUT2D eigenvalue weighted by Crippen LogP contribution is -2.45. The van der Waals surface area contributed by atoms with Crippen molar-refractivity contribution >= 4 is 0 Å². The maximum atomic E-state index is 5.71. The Morgan fingerprint density at radius 1 is 1.40 bits per heavy atom. The predicted molar refractivity (Wildman–Crippen MR) is 66.0 cm³/mol. The van der Waals surface area contributed by atoms with Crippen molar-refractivity contribution in [1.82, 2.24) is 9.80 Å². The smallest absolute Gasteiger partial charge is 0.0237 e. The van der Waals surface area contributed by atoms with Crippen molar-refractivity contribution in [3.8, 4) is 0 Å². The minimum Gasteiger partial charge on any atom is -0.330 e. The number of rotatable bonds is 3. The summed E-state index contributed by atoms with van der Waals surface area (Å²) in [5.74, 6) is 0. The van der Waals surface area contributed by atoms with Gasteiger partial charge in [-0.3, -0.25) is 4.90 Å². The van der Waals surface area contributed by atoms with Crippen LogP contribution in [0.5, 0.6) is 0 Å². The summed E-state index contributed by atoms with van der Waals surface area (Å²) in [4.78, 5) is 5.09. The number of likely N-dealkylation sites (N-methyl/N-ethyl adjacent to an activating group) is 1. The summed E-state index contributed by atoms with van der Waals surface area (Å²) in [6.07, 6.45) is 2.39. The Balaban J connectivity index is 2.67. The van der Waals surface area contributed by atoms with E-state index in [0.717, 1.165) is 19.5 Å². The summed E-state index contributed by atoms with van der Waals surface area (Å²) in [6, 6.07) is 1.99. The van der Waals surface area contributed by atoms with Crippen LogP contribution in [0.25, 0.3) is 0 Å². The first kappa shape index (κ1) is 12.9. The van der Waals surface area contributed by atoms with Gasteiger partial charge in [-0.15, -0.1) is 0 Å². The van der Waals surface area contributed by atoms with Gasteiger partial charge in [0.05, 0.1) is 0 Å². The summed E-state index contributed by atoms with van der Waals surface area (Å²) in [5.41, 5.74) is 5.71. The fourth-order valence-corrected chi connectivity index (χ4v) is 2.49. The Morgan fingerprint density at radius 2 is 2.07 bits per heavy atom. The summed E-state index contributed by atoms with van der Waals surface area (Å²) < 4.78 is 0. The minimum absolute atomic E-state index is 0.639. The molecule has 0 spiro atoms. The van der Waals surface area contributed by atoms with Gasteiger partial charge in [0.1, 0.15) is 0 Å². The molecule has 90 valence electrons. The molecule has 1 fully saturated rings. The molecular weight excluding hydrogens is 186 g/mol. The third-order valence-electron chi connectivity index (χ3n) is 3.69. The zero-order valence-electron chi connectivity index (χ0n) is 10.7. The number of nitrogens with zero attached hydrogens (tertiary/aromatic N) is 2. The van der Waals surface area contributed by atoms with Crippen LogP contribution in [0, 0.1) is 0 Å². The van der Waals surface area contributed by atoms with Gasteiger partial charge in [0.15, 0.2) is 0 Å². The van der Waals surface area contributed by atoms with Gasteiger partial charge < -0.3 is 10.6 Å². The average Bonchev–Trinajstić information content (AvgIpc) is 2.28. The largest absolute Gasteiger partial charge is 0.330 e. The van der Waals surface area contributed by atoms with Gasteiger partial charge >= 0.3 is 0 Å². The predicted octanol–water partition coefficient (Wildman–Crippen LogP) is 1.14. The molecule has 0 aromatic heterocycles. The van der Waals surface area contributed by atoms with Gasteiger partial charge in [-0.1, -0.05) is 0 Å². The van der Waals surface area contributed by atoms with Crippen LogP contribution >= 0.6 is 0 Å². The van der Waals surface area contributed by atoms with E-state index in [4.69, 9.17) is 5.73 Å². The van der Waals surface area contributed by atoms with E-state index in [1.165, 1.54) is 13.0 Å². The van der Waals surface area contributed by atoms with Crippen molar-refractivity contribution in [2.75, 3.05) is 26.7 Å². The molecule has 0 saturated carbocycles. The maximum Gasteiger partial charge on any atom is 0.0237 e. The van der Waals surface area contributed by atoms with Gasteiger partial charge in [-0.2, -0.15) is 0 Å². The average molecular weight is 213 g/mol. The normalized spacial score (nSPS) is 30.8. The molecule has 1 aliphatic rings. The van der Waals surface area contributed by atoms with Gasteiger partial charge in [0.2, 0.25) is 0 Å². The molecule has 3 nitrogen and oxygen atoms in total. The van der Waals surface area contributed by atoms with Crippen molar-refractivity contribution in [1.29, 1.82) is 0 Å². The fraction of sp³-hybridized carbons (Fsp3) is 1.00. The third kappa shape index (κ3) is 3.44. The molecule has 1 rings (SSSR count). The molecule has 0 aromatic carbocycles. The Labute approximate surface area is 94.6 Å². The van der Waals surface area contributed by atoms with Crippen molar-refractivity contribution < 1.29 is 0 Å². The standard InChI is InChI=1S/C12H27N3/c1-10(2)15-8-6-11(3)14(4)9-12(15)5-7-13/h10-12H,5-9,13H2,1-4H3. The van der Waals surface area contributed by atoms with Crippen LogP contribution in [0.15, 0.2) is 0 Å². The van der Waals surface area contributed by atoms with E-state index in [2.05, 4.69) is 37.6 Å². The Bertz CT molecular complexity index is 182. The summed E-state index contributed by atoms with van der Waals surface area (Å²) >= 11 is 0. The van der Waals surface area contributed by atoms with Crippen LogP contribution in [0.3, 0.4) is 0 Å². The molecule has 1 heterocycles. The van der Waals surface area contributed by atoms with Crippen molar-refractivity contribution in [3.05, 3.63) is 0 Å². The molecule has 1 saturated heterocycles. The Hall–Kier alpha value is -0.120. The molecule has 1 aliphatic heterocycles. The SMILES string of the molecule is CC1CCN(C(C)C)C(CCN)CN1C. The highest BCUT2D eigenvalue weighted by Gasteiger charge is 2.27. The molecule has 0 bridgehead atoms. The fourth-order valence-electron chi connectivity index (χ4n) is 2.49. The zero-order chi connectivity index (χ0) is 11.4. The highest BCUT2D eigenvalue weighted by Crippen LogP contribution is 2.18. The van der Waals surface area contributed by atoms with E-state index in [-0.39, 0.29) is 0 Å². The van der Waals surface area contributed by atoms with Gasteiger partial charge in [-0.25, -0.2) is 0 Å². The van der Waals surface area contributed by atoms with E-state index < -0.39 is 0 Å². The molecule has 0 aliphatic carbocycles. The van der Waals surface area contributed by atoms with Crippen molar-refractivity contribution in [3.63, 3.8) is 0 Å². The molecule has 0 radical (unpaired) electrons. The lowest BCUT2D eigenvalue weighted by atomic mass is 10.1. The highest BCUT2D eigenvalue weighted by molar-refractivity contribution is 4.84. The van der Waals surface area contributed by atoms with Gasteiger partial charge in [0, 0.05) is 31.2 Å². The Kier molecular flexibility index (Phi) is 5.03. The third-order valence-corrected chi connectivity index (χ3v) is 3.69.